The molecule has 2 rings (SSSR count). The van der Waals surface area contributed by atoms with Gasteiger partial charge in [-0.2, -0.15) is 0 Å². The van der Waals surface area contributed by atoms with Gasteiger partial charge in [-0.05, 0) is 45.4 Å². The fraction of sp³-hybridized carbons (Fsp3) is 0.526. The predicted octanol–water partition coefficient (Wildman–Crippen LogP) is 1.46. The molecule has 0 atom stereocenters. The predicted molar refractivity (Wildman–Crippen MR) is 105 cm³/mol. The number of nitrogens with zero attached hydrogens (tertiary/aromatic N) is 2. The van der Waals surface area contributed by atoms with Crippen LogP contribution in [-0.2, 0) is 11.3 Å². The highest BCUT2D eigenvalue weighted by Crippen LogP contribution is 2.15. The van der Waals surface area contributed by atoms with Crippen LogP contribution in [0.2, 0.25) is 0 Å². The number of benzene rings is 1. The Morgan fingerprint density at radius 3 is 2.63 bits per heavy atom. The molecule has 148 valence electrons. The second-order valence-electron chi connectivity index (χ2n) is 7.49. The van der Waals surface area contributed by atoms with E-state index in [1.165, 1.54) is 0 Å². The third-order valence-electron chi connectivity index (χ3n) is 3.85. The van der Waals surface area contributed by atoms with Crippen LogP contribution in [0, 0.1) is 0 Å². The molecule has 1 heterocycles. The van der Waals surface area contributed by atoms with E-state index in [2.05, 4.69) is 15.6 Å². The van der Waals surface area contributed by atoms with Gasteiger partial charge in [-0.1, -0.05) is 12.1 Å². The monoisotopic (exact) mass is 375 g/mol. The van der Waals surface area contributed by atoms with Gasteiger partial charge in [0, 0.05) is 25.2 Å². The van der Waals surface area contributed by atoms with Gasteiger partial charge in [-0.15, -0.1) is 0 Å². The highest BCUT2D eigenvalue weighted by molar-refractivity contribution is 5.92. The lowest BCUT2D eigenvalue weighted by Crippen LogP contribution is -2.63. The van der Waals surface area contributed by atoms with Gasteiger partial charge in [0.1, 0.15) is 5.60 Å². The van der Waals surface area contributed by atoms with Gasteiger partial charge in [-0.3, -0.25) is 4.79 Å². The highest BCUT2D eigenvalue weighted by atomic mass is 16.6. The molecule has 0 radical (unpaired) electrons. The first kappa shape index (κ1) is 20.5. The molecule has 0 aromatic heterocycles. The number of likely N-dealkylation sites (tertiary alicyclic amines) is 1. The zero-order chi connectivity index (χ0) is 20.0. The van der Waals surface area contributed by atoms with E-state index in [1.807, 2.05) is 33.8 Å². The number of carbonyl (C=O) groups excluding carboxylic acids is 2. The van der Waals surface area contributed by atoms with Crippen molar-refractivity contribution in [3.63, 3.8) is 0 Å². The van der Waals surface area contributed by atoms with Gasteiger partial charge in [0.2, 0.25) is 5.91 Å². The molecule has 1 aromatic rings. The van der Waals surface area contributed by atoms with Gasteiger partial charge < -0.3 is 26.0 Å². The first-order valence-corrected chi connectivity index (χ1v) is 9.09. The maximum absolute atomic E-state index is 12.0. The zero-order valence-corrected chi connectivity index (χ0v) is 16.4. The Morgan fingerprint density at radius 2 is 2.04 bits per heavy atom. The average molecular weight is 375 g/mol. The fourth-order valence-electron chi connectivity index (χ4n) is 2.55. The lowest BCUT2D eigenvalue weighted by Gasteiger charge is -2.40. The summed E-state index contributed by atoms with van der Waals surface area (Å²) in [6.45, 7) is 9.80. The molecule has 2 amide bonds. The van der Waals surface area contributed by atoms with Crippen molar-refractivity contribution >= 4 is 18.0 Å². The summed E-state index contributed by atoms with van der Waals surface area (Å²) < 4.78 is 5.35. The van der Waals surface area contributed by atoms with Gasteiger partial charge in [0.15, 0.2) is 5.96 Å². The quantitative estimate of drug-likeness (QED) is 0.533. The summed E-state index contributed by atoms with van der Waals surface area (Å²) in [5, 5.41) is 6.49. The van der Waals surface area contributed by atoms with Gasteiger partial charge in [0.25, 0.3) is 0 Å². The third-order valence-corrected chi connectivity index (χ3v) is 3.85. The minimum absolute atomic E-state index is 0.118. The molecule has 8 nitrogen and oxygen atoms in total. The van der Waals surface area contributed by atoms with E-state index in [4.69, 9.17) is 10.5 Å². The fourth-order valence-corrected chi connectivity index (χ4v) is 2.55. The molecular weight excluding hydrogens is 346 g/mol. The van der Waals surface area contributed by atoms with E-state index in [-0.39, 0.29) is 12.1 Å². The molecule has 0 bridgehead atoms. The molecule has 0 unspecified atom stereocenters. The van der Waals surface area contributed by atoms with Crippen LogP contribution in [0.1, 0.15) is 43.6 Å². The summed E-state index contributed by atoms with van der Waals surface area (Å²) in [7, 11) is 0. The Morgan fingerprint density at radius 1 is 1.33 bits per heavy atom. The first-order valence-electron chi connectivity index (χ1n) is 9.09. The molecule has 1 aromatic carbocycles. The number of nitrogens with two attached hydrogens (primary N) is 1. The van der Waals surface area contributed by atoms with Crippen LogP contribution in [-0.4, -0.2) is 54.1 Å². The van der Waals surface area contributed by atoms with Crippen molar-refractivity contribution in [2.75, 3.05) is 19.6 Å². The van der Waals surface area contributed by atoms with Crippen molar-refractivity contribution in [1.29, 1.82) is 0 Å². The molecule has 1 aliphatic heterocycles. The Labute approximate surface area is 160 Å². The normalized spacial score (nSPS) is 15.1. The van der Waals surface area contributed by atoms with Crippen LogP contribution < -0.4 is 16.4 Å². The standard InChI is InChI=1S/C19H29N5O3/c1-5-21-17(22-10-13-7-6-8-14(9-13)16(20)25)23-15-11-24(12-15)18(26)27-19(2,3)4/h6-9,15H,5,10-12H2,1-4H3,(H2,20,25)(H2,21,22,23). The zero-order valence-electron chi connectivity index (χ0n) is 16.4. The number of aliphatic imine (C=N–C) groups is 1. The number of rotatable bonds is 5. The number of ether oxygens (including phenoxy) is 1. The van der Waals surface area contributed by atoms with Crippen LogP contribution in [0.4, 0.5) is 4.79 Å². The highest BCUT2D eigenvalue weighted by Gasteiger charge is 2.34. The second kappa shape index (κ2) is 8.75. The van der Waals surface area contributed by atoms with Crippen molar-refractivity contribution in [2.45, 2.75) is 45.9 Å². The summed E-state index contributed by atoms with van der Waals surface area (Å²) in [5.41, 5.74) is 6.18. The van der Waals surface area contributed by atoms with Crippen LogP contribution in [0.15, 0.2) is 29.3 Å². The maximum Gasteiger partial charge on any atom is 0.410 e. The molecular formula is C19H29N5O3. The number of amides is 2. The Hall–Kier alpha value is -2.77. The van der Waals surface area contributed by atoms with Crippen molar-refractivity contribution < 1.29 is 14.3 Å². The largest absolute Gasteiger partial charge is 0.444 e. The molecule has 1 saturated heterocycles. The van der Waals surface area contributed by atoms with Crippen molar-refractivity contribution in [2.24, 2.45) is 10.7 Å². The molecule has 0 aliphatic carbocycles. The van der Waals surface area contributed by atoms with E-state index < -0.39 is 11.5 Å². The minimum Gasteiger partial charge on any atom is -0.444 e. The van der Waals surface area contributed by atoms with Gasteiger partial charge >= 0.3 is 6.09 Å². The summed E-state index contributed by atoms with van der Waals surface area (Å²) in [6, 6.07) is 7.22. The van der Waals surface area contributed by atoms with Gasteiger partial charge in [-0.25, -0.2) is 9.79 Å². The third kappa shape index (κ3) is 6.47. The Kier molecular flexibility index (Phi) is 6.65. The van der Waals surface area contributed by atoms with E-state index in [0.717, 1.165) is 12.1 Å². The van der Waals surface area contributed by atoms with E-state index in [9.17, 15) is 9.59 Å². The second-order valence-corrected chi connectivity index (χ2v) is 7.49. The molecule has 0 saturated carbocycles. The smallest absolute Gasteiger partial charge is 0.410 e. The molecule has 27 heavy (non-hydrogen) atoms. The average Bonchev–Trinajstić information content (AvgIpc) is 2.53. The SMILES string of the molecule is CCNC(=NCc1cccc(C(N)=O)c1)NC1CN(C(=O)OC(C)(C)C)C1. The van der Waals surface area contributed by atoms with Gasteiger partial charge in [0.05, 0.1) is 12.6 Å². The maximum atomic E-state index is 12.0. The molecule has 1 fully saturated rings. The lowest BCUT2D eigenvalue weighted by molar-refractivity contribution is 0.00700. The summed E-state index contributed by atoms with van der Waals surface area (Å²) in [4.78, 5) is 29.5. The van der Waals surface area contributed by atoms with Crippen LogP contribution in [0.5, 0.6) is 0 Å². The number of primary amides is 1. The Balaban J connectivity index is 1.89. The topological polar surface area (TPSA) is 109 Å². The van der Waals surface area contributed by atoms with Crippen molar-refractivity contribution in [3.8, 4) is 0 Å². The molecule has 0 spiro atoms. The molecule has 1 aliphatic rings. The van der Waals surface area contributed by atoms with E-state index >= 15 is 0 Å². The number of nitrogens with one attached hydrogen (secondary N) is 2. The number of hydrogen-bond acceptors (Lipinski definition) is 4. The first-order chi connectivity index (χ1) is 12.7. The lowest BCUT2D eigenvalue weighted by atomic mass is 10.1. The van der Waals surface area contributed by atoms with E-state index in [0.29, 0.717) is 31.2 Å². The Bertz CT molecular complexity index is 706. The van der Waals surface area contributed by atoms with Crippen LogP contribution in [0.25, 0.3) is 0 Å². The molecule has 8 heteroatoms. The van der Waals surface area contributed by atoms with Crippen molar-refractivity contribution in [3.05, 3.63) is 35.4 Å². The van der Waals surface area contributed by atoms with E-state index in [1.54, 1.807) is 23.1 Å². The van der Waals surface area contributed by atoms with Crippen LogP contribution >= 0.6 is 0 Å². The summed E-state index contributed by atoms with van der Waals surface area (Å²) in [5.74, 6) is 0.207. The molecule has 4 N–H and O–H groups in total. The summed E-state index contributed by atoms with van der Waals surface area (Å²) in [6.07, 6.45) is -0.300. The van der Waals surface area contributed by atoms with Crippen LogP contribution in [0.3, 0.4) is 0 Å². The van der Waals surface area contributed by atoms with Crippen molar-refractivity contribution in [1.82, 2.24) is 15.5 Å². The minimum atomic E-state index is -0.495. The number of hydrogen-bond donors (Lipinski definition) is 3. The summed E-state index contributed by atoms with van der Waals surface area (Å²) >= 11 is 0. The number of guanidine groups is 1. The number of carbonyl (C=O) groups is 2.